The molecule has 0 spiro atoms. The number of nitrogens with zero attached hydrogens (tertiary/aromatic N) is 2. The van der Waals surface area contributed by atoms with E-state index in [4.69, 9.17) is 9.47 Å². The van der Waals surface area contributed by atoms with Crippen LogP contribution in [0.5, 0.6) is 5.75 Å². The predicted octanol–water partition coefficient (Wildman–Crippen LogP) is 3.32. The van der Waals surface area contributed by atoms with Gasteiger partial charge in [-0.2, -0.15) is 5.26 Å². The molecule has 1 amide bonds. The van der Waals surface area contributed by atoms with Crippen LogP contribution in [0.2, 0.25) is 0 Å². The number of carbonyl (C=O) groups excluding carboxylic acids is 2. The molecule has 1 aromatic rings. The quantitative estimate of drug-likeness (QED) is 0.436. The summed E-state index contributed by atoms with van der Waals surface area (Å²) in [4.78, 5) is 26.4. The van der Waals surface area contributed by atoms with Crippen LogP contribution in [0, 0.1) is 11.3 Å². The minimum atomic E-state index is -0.794. The second-order valence-electron chi connectivity index (χ2n) is 6.68. The van der Waals surface area contributed by atoms with Crippen molar-refractivity contribution < 1.29 is 19.1 Å². The molecule has 6 heteroatoms. The smallest absolute Gasteiger partial charge is 0.349 e. The normalized spacial score (nSPS) is 19.9. The monoisotopic (exact) mass is 370 g/mol. The fourth-order valence-corrected chi connectivity index (χ4v) is 3.32. The molecular weight excluding hydrogens is 344 g/mol. The van der Waals surface area contributed by atoms with Gasteiger partial charge in [0.1, 0.15) is 17.4 Å². The third kappa shape index (κ3) is 5.58. The van der Waals surface area contributed by atoms with Gasteiger partial charge in [0.05, 0.1) is 6.61 Å². The van der Waals surface area contributed by atoms with Crippen molar-refractivity contribution in [2.75, 3.05) is 13.2 Å². The highest BCUT2D eigenvalue weighted by atomic mass is 16.5. The number of hydrogen-bond acceptors (Lipinski definition) is 5. The van der Waals surface area contributed by atoms with Crippen LogP contribution in [-0.2, 0) is 14.3 Å². The van der Waals surface area contributed by atoms with Crippen LogP contribution in [0.1, 0.15) is 45.6 Å². The third-order valence-corrected chi connectivity index (χ3v) is 4.65. The van der Waals surface area contributed by atoms with Gasteiger partial charge in [-0.25, -0.2) is 4.79 Å². The zero-order valence-corrected chi connectivity index (χ0v) is 16.1. The summed E-state index contributed by atoms with van der Waals surface area (Å²) in [5.41, 5.74) is 0.531. The van der Waals surface area contributed by atoms with E-state index in [9.17, 15) is 14.9 Å². The van der Waals surface area contributed by atoms with E-state index >= 15 is 0 Å². The first-order valence-corrected chi connectivity index (χ1v) is 9.29. The van der Waals surface area contributed by atoms with Crippen molar-refractivity contribution in [1.82, 2.24) is 4.90 Å². The molecule has 0 bridgehead atoms. The number of benzene rings is 1. The fourth-order valence-electron chi connectivity index (χ4n) is 3.32. The van der Waals surface area contributed by atoms with Crippen molar-refractivity contribution in [3.63, 3.8) is 0 Å². The van der Waals surface area contributed by atoms with Gasteiger partial charge in [0.25, 0.3) is 5.91 Å². The van der Waals surface area contributed by atoms with Gasteiger partial charge >= 0.3 is 5.97 Å². The number of likely N-dealkylation sites (tertiary alicyclic amines) is 1. The van der Waals surface area contributed by atoms with Gasteiger partial charge < -0.3 is 14.4 Å². The summed E-state index contributed by atoms with van der Waals surface area (Å²) in [5, 5.41) is 9.26. The zero-order chi connectivity index (χ0) is 19.8. The van der Waals surface area contributed by atoms with Crippen molar-refractivity contribution in [3.05, 3.63) is 35.4 Å². The molecule has 0 aliphatic carbocycles. The molecule has 1 aliphatic heterocycles. The van der Waals surface area contributed by atoms with Crippen LogP contribution >= 0.6 is 0 Å². The fraction of sp³-hybridized carbons (Fsp3) is 0.476. The third-order valence-electron chi connectivity index (χ3n) is 4.65. The van der Waals surface area contributed by atoms with Crippen molar-refractivity contribution in [1.29, 1.82) is 5.26 Å². The predicted molar refractivity (Wildman–Crippen MR) is 102 cm³/mol. The second-order valence-corrected chi connectivity index (χ2v) is 6.68. The summed E-state index contributed by atoms with van der Waals surface area (Å²) in [7, 11) is 0. The molecule has 1 aromatic carbocycles. The molecule has 0 aromatic heterocycles. The Balaban J connectivity index is 1.98. The lowest BCUT2D eigenvalue weighted by molar-refractivity contribution is -0.151. The first-order valence-electron chi connectivity index (χ1n) is 9.29. The van der Waals surface area contributed by atoms with Gasteiger partial charge in [-0.3, -0.25) is 4.79 Å². The molecule has 0 radical (unpaired) electrons. The molecule has 0 N–H and O–H groups in total. The van der Waals surface area contributed by atoms with Crippen LogP contribution in [0.3, 0.4) is 0 Å². The van der Waals surface area contributed by atoms with Crippen molar-refractivity contribution in [2.45, 2.75) is 52.1 Å². The maximum Gasteiger partial charge on any atom is 0.349 e. The minimum absolute atomic E-state index is 0.134. The Hall–Kier alpha value is -2.81. The van der Waals surface area contributed by atoms with E-state index in [1.165, 1.54) is 6.08 Å². The topological polar surface area (TPSA) is 79.6 Å². The minimum Gasteiger partial charge on any atom is -0.494 e. The summed E-state index contributed by atoms with van der Waals surface area (Å²) >= 11 is 0. The Labute approximate surface area is 160 Å². The summed E-state index contributed by atoms with van der Waals surface area (Å²) in [5.74, 6) is -0.301. The zero-order valence-electron chi connectivity index (χ0n) is 16.1. The van der Waals surface area contributed by atoms with Crippen LogP contribution in [0.15, 0.2) is 29.8 Å². The van der Waals surface area contributed by atoms with E-state index in [1.807, 2.05) is 26.8 Å². The van der Waals surface area contributed by atoms with Gasteiger partial charge in [0.15, 0.2) is 6.61 Å². The SMILES string of the molecule is CCOc1ccc(/C=C(\C#N)C(=O)OCC(=O)N2[C@@H](C)CCC[C@@H]2C)cc1. The number of ether oxygens (including phenoxy) is 2. The van der Waals surface area contributed by atoms with Crippen molar-refractivity contribution >= 4 is 18.0 Å². The maximum absolute atomic E-state index is 12.4. The van der Waals surface area contributed by atoms with Gasteiger partial charge in [-0.05, 0) is 63.8 Å². The largest absolute Gasteiger partial charge is 0.494 e. The Kier molecular flexibility index (Phi) is 7.42. The Morgan fingerprint density at radius 3 is 2.41 bits per heavy atom. The van der Waals surface area contributed by atoms with Gasteiger partial charge in [0, 0.05) is 12.1 Å². The van der Waals surface area contributed by atoms with E-state index in [-0.39, 0.29) is 30.2 Å². The number of piperidine rings is 1. The molecule has 0 unspecified atom stereocenters. The molecule has 1 fully saturated rings. The molecule has 6 nitrogen and oxygen atoms in total. The summed E-state index contributed by atoms with van der Waals surface area (Å²) in [6, 6.07) is 9.13. The number of hydrogen-bond donors (Lipinski definition) is 0. The Morgan fingerprint density at radius 1 is 1.22 bits per heavy atom. The number of nitriles is 1. The molecule has 0 saturated carbocycles. The number of amides is 1. The molecular formula is C21H26N2O4. The highest BCUT2D eigenvalue weighted by Crippen LogP contribution is 2.22. The average Bonchev–Trinajstić information content (AvgIpc) is 2.65. The van der Waals surface area contributed by atoms with Gasteiger partial charge in [-0.1, -0.05) is 12.1 Å². The maximum atomic E-state index is 12.4. The average molecular weight is 370 g/mol. The lowest BCUT2D eigenvalue weighted by atomic mass is 9.97. The summed E-state index contributed by atoms with van der Waals surface area (Å²) in [6.07, 6.45) is 4.43. The highest BCUT2D eigenvalue weighted by molar-refractivity contribution is 5.98. The lowest BCUT2D eigenvalue weighted by Gasteiger charge is -2.38. The van der Waals surface area contributed by atoms with Crippen molar-refractivity contribution in [3.8, 4) is 11.8 Å². The molecule has 2 atom stereocenters. The van der Waals surface area contributed by atoms with E-state index in [1.54, 1.807) is 29.2 Å². The highest BCUT2D eigenvalue weighted by Gasteiger charge is 2.29. The summed E-state index contributed by atoms with van der Waals surface area (Å²) < 4.78 is 10.5. The molecule has 2 rings (SSSR count). The number of esters is 1. The van der Waals surface area contributed by atoms with Crippen LogP contribution in [0.4, 0.5) is 0 Å². The number of carbonyl (C=O) groups is 2. The summed E-state index contributed by atoms with van der Waals surface area (Å²) in [6.45, 7) is 6.11. The van der Waals surface area contributed by atoms with Crippen LogP contribution < -0.4 is 4.74 Å². The first kappa shape index (κ1) is 20.5. The molecule has 1 aliphatic rings. The van der Waals surface area contributed by atoms with E-state index in [2.05, 4.69) is 0 Å². The second kappa shape index (κ2) is 9.77. The van der Waals surface area contributed by atoms with E-state index in [0.717, 1.165) is 19.3 Å². The lowest BCUT2D eigenvalue weighted by Crippen LogP contribution is -2.49. The van der Waals surface area contributed by atoms with Gasteiger partial charge in [0.2, 0.25) is 0 Å². The Bertz CT molecular complexity index is 724. The van der Waals surface area contributed by atoms with Gasteiger partial charge in [-0.15, -0.1) is 0 Å². The van der Waals surface area contributed by atoms with Crippen LogP contribution in [0.25, 0.3) is 6.08 Å². The van der Waals surface area contributed by atoms with Crippen molar-refractivity contribution in [2.24, 2.45) is 0 Å². The van der Waals surface area contributed by atoms with E-state index < -0.39 is 5.97 Å². The standard InChI is InChI=1S/C21H26N2O4/c1-4-26-19-10-8-17(9-11-19)12-18(13-22)21(25)27-14-20(24)23-15(2)6-5-7-16(23)3/h8-12,15-16H,4-7,14H2,1-3H3/b18-12+/t15-,16-/m0/s1. The molecule has 27 heavy (non-hydrogen) atoms. The van der Waals surface area contributed by atoms with Crippen LogP contribution in [-0.4, -0.2) is 42.1 Å². The number of rotatable bonds is 6. The first-order chi connectivity index (χ1) is 13.0. The molecule has 1 heterocycles. The Morgan fingerprint density at radius 2 is 1.85 bits per heavy atom. The van der Waals surface area contributed by atoms with E-state index in [0.29, 0.717) is 17.9 Å². The molecule has 1 saturated heterocycles. The molecule has 144 valence electrons.